The van der Waals surface area contributed by atoms with E-state index < -0.39 is 0 Å². The van der Waals surface area contributed by atoms with Crippen molar-refractivity contribution in [3.8, 4) is 0 Å². The Balaban J connectivity index is 2.05. The average Bonchev–Trinajstić information content (AvgIpc) is 2.65. The SMILES string of the molecule is NC1(CC(=O)c2ccc(Cl)cc2)CCCC1. The highest BCUT2D eigenvalue weighted by Gasteiger charge is 2.31. The minimum absolute atomic E-state index is 0.126. The van der Waals surface area contributed by atoms with Crippen LogP contribution in [0, 0.1) is 0 Å². The fourth-order valence-electron chi connectivity index (χ4n) is 2.31. The summed E-state index contributed by atoms with van der Waals surface area (Å²) in [4.78, 5) is 12.0. The molecule has 1 fully saturated rings. The topological polar surface area (TPSA) is 43.1 Å². The molecule has 0 aromatic heterocycles. The maximum Gasteiger partial charge on any atom is 0.164 e. The summed E-state index contributed by atoms with van der Waals surface area (Å²) in [5.41, 5.74) is 6.62. The number of carbonyl (C=O) groups excluding carboxylic acids is 1. The second kappa shape index (κ2) is 4.56. The quantitative estimate of drug-likeness (QED) is 0.821. The monoisotopic (exact) mass is 237 g/mol. The summed E-state index contributed by atoms with van der Waals surface area (Å²) < 4.78 is 0. The zero-order valence-corrected chi connectivity index (χ0v) is 9.96. The Hall–Kier alpha value is -0.860. The Morgan fingerprint density at radius 2 is 1.81 bits per heavy atom. The number of hydrogen-bond donors (Lipinski definition) is 1. The van der Waals surface area contributed by atoms with E-state index in [-0.39, 0.29) is 11.3 Å². The molecule has 1 aliphatic carbocycles. The van der Waals surface area contributed by atoms with Crippen LogP contribution in [0.5, 0.6) is 0 Å². The van der Waals surface area contributed by atoms with Crippen molar-refractivity contribution in [2.45, 2.75) is 37.6 Å². The molecule has 2 N–H and O–H groups in total. The Bertz CT molecular complexity index is 379. The molecule has 0 atom stereocenters. The molecule has 0 unspecified atom stereocenters. The summed E-state index contributed by atoms with van der Waals surface area (Å²) in [7, 11) is 0. The lowest BCUT2D eigenvalue weighted by atomic mass is 9.90. The minimum atomic E-state index is -0.267. The third-order valence-electron chi connectivity index (χ3n) is 3.28. The van der Waals surface area contributed by atoms with E-state index in [1.54, 1.807) is 24.3 Å². The predicted octanol–water partition coefficient (Wildman–Crippen LogP) is 3.18. The van der Waals surface area contributed by atoms with Gasteiger partial charge in [0.15, 0.2) is 5.78 Å². The predicted molar refractivity (Wildman–Crippen MR) is 65.8 cm³/mol. The van der Waals surface area contributed by atoms with E-state index in [0.29, 0.717) is 17.0 Å². The van der Waals surface area contributed by atoms with Gasteiger partial charge in [0.25, 0.3) is 0 Å². The van der Waals surface area contributed by atoms with Crippen molar-refractivity contribution < 1.29 is 4.79 Å². The largest absolute Gasteiger partial charge is 0.325 e. The minimum Gasteiger partial charge on any atom is -0.325 e. The first-order valence-corrected chi connectivity index (χ1v) is 6.05. The van der Waals surface area contributed by atoms with Gasteiger partial charge in [-0.3, -0.25) is 4.79 Å². The highest BCUT2D eigenvalue weighted by Crippen LogP contribution is 2.31. The maximum atomic E-state index is 12.0. The second-order valence-corrected chi connectivity index (χ2v) is 5.11. The molecular formula is C13H16ClNO. The molecule has 0 bridgehead atoms. The van der Waals surface area contributed by atoms with Crippen molar-refractivity contribution >= 4 is 17.4 Å². The van der Waals surface area contributed by atoms with Crippen LogP contribution < -0.4 is 5.73 Å². The van der Waals surface area contributed by atoms with Crippen molar-refractivity contribution in [1.29, 1.82) is 0 Å². The number of Topliss-reactive ketones (excluding diaryl/α,β-unsaturated/α-hetero) is 1. The summed E-state index contributed by atoms with van der Waals surface area (Å²) in [6, 6.07) is 7.02. The van der Waals surface area contributed by atoms with E-state index in [1.807, 2.05) is 0 Å². The Labute approximate surface area is 101 Å². The van der Waals surface area contributed by atoms with Crippen LogP contribution in [0.25, 0.3) is 0 Å². The standard InChI is InChI=1S/C13H16ClNO/c14-11-5-3-10(4-6-11)12(16)9-13(15)7-1-2-8-13/h3-6H,1-2,7-9,15H2. The van der Waals surface area contributed by atoms with Gasteiger partial charge in [-0.2, -0.15) is 0 Å². The van der Waals surface area contributed by atoms with Gasteiger partial charge in [-0.05, 0) is 37.1 Å². The van der Waals surface area contributed by atoms with Crippen LogP contribution in [-0.4, -0.2) is 11.3 Å². The van der Waals surface area contributed by atoms with Gasteiger partial charge in [-0.1, -0.05) is 24.4 Å². The number of benzene rings is 1. The Morgan fingerprint density at radius 1 is 1.25 bits per heavy atom. The van der Waals surface area contributed by atoms with E-state index in [2.05, 4.69) is 0 Å². The van der Waals surface area contributed by atoms with Crippen LogP contribution in [0.2, 0.25) is 5.02 Å². The molecule has 1 aliphatic rings. The van der Waals surface area contributed by atoms with E-state index in [9.17, 15) is 4.79 Å². The molecule has 2 rings (SSSR count). The third kappa shape index (κ3) is 2.63. The number of carbonyl (C=O) groups is 1. The lowest BCUT2D eigenvalue weighted by molar-refractivity contribution is 0.0952. The highest BCUT2D eigenvalue weighted by atomic mass is 35.5. The van der Waals surface area contributed by atoms with Crippen molar-refractivity contribution in [3.05, 3.63) is 34.9 Å². The van der Waals surface area contributed by atoms with Crippen LogP contribution >= 0.6 is 11.6 Å². The van der Waals surface area contributed by atoms with Gasteiger partial charge in [-0.15, -0.1) is 0 Å². The van der Waals surface area contributed by atoms with Gasteiger partial charge in [0.2, 0.25) is 0 Å². The van der Waals surface area contributed by atoms with E-state index >= 15 is 0 Å². The number of rotatable bonds is 3. The molecular weight excluding hydrogens is 222 g/mol. The molecule has 1 saturated carbocycles. The smallest absolute Gasteiger partial charge is 0.164 e. The van der Waals surface area contributed by atoms with Gasteiger partial charge < -0.3 is 5.73 Å². The first kappa shape index (κ1) is 11.6. The van der Waals surface area contributed by atoms with Crippen molar-refractivity contribution in [3.63, 3.8) is 0 Å². The van der Waals surface area contributed by atoms with Crippen molar-refractivity contribution in [2.75, 3.05) is 0 Å². The molecule has 1 aromatic carbocycles. The molecule has 1 aromatic rings. The molecule has 0 radical (unpaired) electrons. The molecule has 0 saturated heterocycles. The van der Waals surface area contributed by atoms with Crippen LogP contribution in [0.1, 0.15) is 42.5 Å². The number of hydrogen-bond acceptors (Lipinski definition) is 2. The Kier molecular flexibility index (Phi) is 3.31. The van der Waals surface area contributed by atoms with Crippen molar-refractivity contribution in [2.24, 2.45) is 5.73 Å². The average molecular weight is 238 g/mol. The number of nitrogens with two attached hydrogens (primary N) is 1. The molecule has 16 heavy (non-hydrogen) atoms. The molecule has 0 heterocycles. The summed E-state index contributed by atoms with van der Waals surface area (Å²) in [5, 5.41) is 0.653. The normalized spacial score (nSPS) is 18.6. The van der Waals surface area contributed by atoms with Gasteiger partial charge in [0.05, 0.1) is 0 Å². The maximum absolute atomic E-state index is 12.0. The fourth-order valence-corrected chi connectivity index (χ4v) is 2.44. The molecule has 0 aliphatic heterocycles. The first-order valence-electron chi connectivity index (χ1n) is 5.67. The van der Waals surface area contributed by atoms with Crippen molar-refractivity contribution in [1.82, 2.24) is 0 Å². The molecule has 2 nitrogen and oxygen atoms in total. The van der Waals surface area contributed by atoms with Crippen LogP contribution in [0.15, 0.2) is 24.3 Å². The summed E-state index contributed by atoms with van der Waals surface area (Å²) in [6.45, 7) is 0. The molecule has 0 amide bonds. The van der Waals surface area contributed by atoms with E-state index in [1.165, 1.54) is 0 Å². The van der Waals surface area contributed by atoms with Crippen LogP contribution in [0.4, 0.5) is 0 Å². The summed E-state index contributed by atoms with van der Waals surface area (Å²) >= 11 is 5.78. The first-order chi connectivity index (χ1) is 7.59. The lowest BCUT2D eigenvalue weighted by Gasteiger charge is -2.22. The summed E-state index contributed by atoms with van der Waals surface area (Å²) in [6.07, 6.45) is 4.67. The molecule has 86 valence electrons. The van der Waals surface area contributed by atoms with E-state index in [0.717, 1.165) is 25.7 Å². The van der Waals surface area contributed by atoms with Crippen LogP contribution in [-0.2, 0) is 0 Å². The molecule has 3 heteroatoms. The molecule has 0 spiro atoms. The number of halogens is 1. The number of ketones is 1. The van der Waals surface area contributed by atoms with Gasteiger partial charge in [-0.25, -0.2) is 0 Å². The van der Waals surface area contributed by atoms with Crippen LogP contribution in [0.3, 0.4) is 0 Å². The van der Waals surface area contributed by atoms with Gasteiger partial charge >= 0.3 is 0 Å². The lowest BCUT2D eigenvalue weighted by Crippen LogP contribution is -2.38. The zero-order chi connectivity index (χ0) is 11.6. The summed E-state index contributed by atoms with van der Waals surface area (Å²) in [5.74, 6) is 0.126. The fraction of sp³-hybridized carbons (Fsp3) is 0.462. The Morgan fingerprint density at radius 3 is 2.38 bits per heavy atom. The van der Waals surface area contributed by atoms with Gasteiger partial charge in [0.1, 0.15) is 0 Å². The second-order valence-electron chi connectivity index (χ2n) is 4.68. The third-order valence-corrected chi connectivity index (χ3v) is 3.53. The van der Waals surface area contributed by atoms with E-state index in [4.69, 9.17) is 17.3 Å². The highest BCUT2D eigenvalue weighted by molar-refractivity contribution is 6.30. The van der Waals surface area contributed by atoms with Gasteiger partial charge in [0, 0.05) is 22.5 Å². The zero-order valence-electron chi connectivity index (χ0n) is 9.21.